The number of nitrogens with one attached hydrogen (secondary N) is 1. The Kier molecular flexibility index (Phi) is 6.49. The molecule has 2 fully saturated rings. The maximum absolute atomic E-state index is 13.6. The van der Waals surface area contributed by atoms with E-state index in [0.717, 1.165) is 31.4 Å². The molecule has 1 aliphatic carbocycles. The number of anilines is 1. The van der Waals surface area contributed by atoms with E-state index in [0.29, 0.717) is 11.8 Å². The number of rotatable bonds is 5. The van der Waals surface area contributed by atoms with E-state index in [1.54, 1.807) is 4.90 Å². The molecule has 1 aliphatic heterocycles. The number of carbonyl (C=O) groups excluding carboxylic acids is 3. The molecule has 0 radical (unpaired) electrons. The monoisotopic (exact) mass is 408 g/mol. The van der Waals surface area contributed by atoms with Gasteiger partial charge in [0, 0.05) is 19.0 Å². The van der Waals surface area contributed by atoms with Crippen LogP contribution in [0.2, 0.25) is 0 Å². The number of ether oxygens (including phenoxy) is 1. The number of para-hydroxylation sites is 1. The molecule has 2 amide bonds. The van der Waals surface area contributed by atoms with Crippen LogP contribution in [0.5, 0.6) is 0 Å². The van der Waals surface area contributed by atoms with Crippen LogP contribution in [0.3, 0.4) is 0 Å². The van der Waals surface area contributed by atoms with Crippen molar-refractivity contribution in [3.63, 3.8) is 0 Å². The predicted molar refractivity (Wildman–Crippen MR) is 102 cm³/mol. The smallest absolute Gasteiger partial charge is 0.311 e. The van der Waals surface area contributed by atoms with Crippen molar-refractivity contribution in [2.24, 2.45) is 17.8 Å². The molecule has 1 aromatic rings. The lowest BCUT2D eigenvalue weighted by atomic mass is 9.77. The van der Waals surface area contributed by atoms with Gasteiger partial charge in [0.25, 0.3) is 5.91 Å². The number of esters is 1. The molecule has 1 saturated carbocycles. The van der Waals surface area contributed by atoms with Gasteiger partial charge < -0.3 is 15.0 Å². The SMILES string of the molecule is C[C@@H]1[C@@H](C)CCC[C@@H]1N1C[C@H](C(=O)OCC(=O)Nc2c(F)cccc2F)CC1=O. The summed E-state index contributed by atoms with van der Waals surface area (Å²) in [6, 6.07) is 3.32. The third kappa shape index (κ3) is 4.74. The quantitative estimate of drug-likeness (QED) is 0.760. The minimum Gasteiger partial charge on any atom is -0.455 e. The molecule has 0 aromatic heterocycles. The first-order valence-electron chi connectivity index (χ1n) is 9.98. The second-order valence-electron chi connectivity index (χ2n) is 8.03. The highest BCUT2D eigenvalue weighted by Crippen LogP contribution is 2.35. The normalized spacial score (nSPS) is 27.0. The van der Waals surface area contributed by atoms with Gasteiger partial charge in [-0.05, 0) is 30.4 Å². The van der Waals surface area contributed by atoms with E-state index in [2.05, 4.69) is 19.2 Å². The standard InChI is InChI=1S/C21H26F2N2O4/c1-12-5-3-8-17(13(12)2)25-10-14(9-19(25)27)21(28)29-11-18(26)24-20-15(22)6-4-7-16(20)23/h4,6-7,12-14,17H,3,5,8-11H2,1-2H3,(H,24,26)/t12-,13+,14+,17-/m0/s1. The third-order valence-electron chi connectivity index (χ3n) is 6.13. The van der Waals surface area contributed by atoms with Crippen molar-refractivity contribution >= 4 is 23.5 Å². The molecule has 8 heteroatoms. The Bertz CT molecular complexity index is 781. The Morgan fingerprint density at radius 3 is 2.59 bits per heavy atom. The lowest BCUT2D eigenvalue weighted by molar-refractivity contribution is -0.151. The topological polar surface area (TPSA) is 75.7 Å². The van der Waals surface area contributed by atoms with Crippen LogP contribution in [0, 0.1) is 29.4 Å². The van der Waals surface area contributed by atoms with Gasteiger partial charge in [0.15, 0.2) is 6.61 Å². The van der Waals surface area contributed by atoms with E-state index in [1.807, 2.05) is 0 Å². The molecule has 2 aliphatic rings. The van der Waals surface area contributed by atoms with E-state index in [4.69, 9.17) is 4.74 Å². The predicted octanol–water partition coefficient (Wildman–Crippen LogP) is 3.12. The maximum Gasteiger partial charge on any atom is 0.311 e. The number of nitrogens with zero attached hydrogens (tertiary/aromatic N) is 1. The van der Waals surface area contributed by atoms with Gasteiger partial charge in [0.2, 0.25) is 5.91 Å². The molecular formula is C21H26F2N2O4. The molecule has 1 N–H and O–H groups in total. The van der Waals surface area contributed by atoms with E-state index in [-0.39, 0.29) is 24.9 Å². The van der Waals surface area contributed by atoms with Crippen molar-refractivity contribution in [2.45, 2.75) is 45.6 Å². The van der Waals surface area contributed by atoms with Crippen molar-refractivity contribution in [1.29, 1.82) is 0 Å². The Morgan fingerprint density at radius 1 is 1.21 bits per heavy atom. The van der Waals surface area contributed by atoms with Gasteiger partial charge in [-0.15, -0.1) is 0 Å². The summed E-state index contributed by atoms with van der Waals surface area (Å²) < 4.78 is 32.1. The highest BCUT2D eigenvalue weighted by molar-refractivity contribution is 5.94. The van der Waals surface area contributed by atoms with Crippen molar-refractivity contribution in [2.75, 3.05) is 18.5 Å². The van der Waals surface area contributed by atoms with Crippen molar-refractivity contribution in [1.82, 2.24) is 4.90 Å². The zero-order chi connectivity index (χ0) is 21.1. The summed E-state index contributed by atoms with van der Waals surface area (Å²) in [6.45, 7) is 3.93. The number of likely N-dealkylation sites (tertiary alicyclic amines) is 1. The Morgan fingerprint density at radius 2 is 1.90 bits per heavy atom. The molecule has 1 aromatic carbocycles. The van der Waals surface area contributed by atoms with Crippen LogP contribution in [-0.2, 0) is 19.1 Å². The Balaban J connectivity index is 1.52. The lowest BCUT2D eigenvalue weighted by Gasteiger charge is -2.39. The molecule has 158 valence electrons. The van der Waals surface area contributed by atoms with Gasteiger partial charge in [-0.25, -0.2) is 8.78 Å². The fourth-order valence-corrected chi connectivity index (χ4v) is 4.25. The first kappa shape index (κ1) is 21.2. The van der Waals surface area contributed by atoms with Gasteiger partial charge >= 0.3 is 5.97 Å². The van der Waals surface area contributed by atoms with Gasteiger partial charge in [-0.3, -0.25) is 14.4 Å². The average molecular weight is 408 g/mol. The molecule has 1 heterocycles. The highest BCUT2D eigenvalue weighted by atomic mass is 19.1. The summed E-state index contributed by atoms with van der Waals surface area (Å²) in [4.78, 5) is 38.4. The highest BCUT2D eigenvalue weighted by Gasteiger charge is 2.42. The third-order valence-corrected chi connectivity index (χ3v) is 6.13. The zero-order valence-corrected chi connectivity index (χ0v) is 16.6. The second-order valence-corrected chi connectivity index (χ2v) is 8.03. The molecule has 3 rings (SSSR count). The largest absolute Gasteiger partial charge is 0.455 e. The fourth-order valence-electron chi connectivity index (χ4n) is 4.25. The lowest BCUT2D eigenvalue weighted by Crippen LogP contribution is -2.45. The molecular weight excluding hydrogens is 382 g/mol. The maximum atomic E-state index is 13.6. The summed E-state index contributed by atoms with van der Waals surface area (Å²) in [5.74, 6) is -3.16. The zero-order valence-electron chi connectivity index (χ0n) is 16.6. The molecule has 4 atom stereocenters. The number of benzene rings is 1. The number of carbonyl (C=O) groups is 3. The minimum absolute atomic E-state index is 0.0556. The number of amides is 2. The van der Waals surface area contributed by atoms with Crippen LogP contribution in [0.25, 0.3) is 0 Å². The van der Waals surface area contributed by atoms with Crippen LogP contribution in [0.4, 0.5) is 14.5 Å². The first-order valence-corrected chi connectivity index (χ1v) is 9.98. The molecule has 0 unspecified atom stereocenters. The van der Waals surface area contributed by atoms with Crippen molar-refractivity contribution in [3.8, 4) is 0 Å². The van der Waals surface area contributed by atoms with Gasteiger partial charge in [-0.1, -0.05) is 32.8 Å². The number of hydrogen-bond donors (Lipinski definition) is 1. The summed E-state index contributed by atoms with van der Waals surface area (Å²) in [7, 11) is 0. The molecule has 29 heavy (non-hydrogen) atoms. The van der Waals surface area contributed by atoms with Crippen molar-refractivity contribution in [3.05, 3.63) is 29.8 Å². The molecule has 6 nitrogen and oxygen atoms in total. The number of hydrogen-bond acceptors (Lipinski definition) is 4. The van der Waals surface area contributed by atoms with E-state index in [1.165, 1.54) is 6.07 Å². The molecule has 0 spiro atoms. The van der Waals surface area contributed by atoms with Crippen LogP contribution in [0.15, 0.2) is 18.2 Å². The van der Waals surface area contributed by atoms with E-state index < -0.39 is 41.7 Å². The summed E-state index contributed by atoms with van der Waals surface area (Å²) in [6.07, 6.45) is 3.18. The van der Waals surface area contributed by atoms with Gasteiger partial charge in [0.05, 0.1) is 5.92 Å². The van der Waals surface area contributed by atoms with Crippen LogP contribution >= 0.6 is 0 Å². The van der Waals surface area contributed by atoms with E-state index >= 15 is 0 Å². The van der Waals surface area contributed by atoms with Crippen LogP contribution in [0.1, 0.15) is 39.5 Å². The Hall–Kier alpha value is -2.51. The minimum atomic E-state index is -0.919. The summed E-state index contributed by atoms with van der Waals surface area (Å²) >= 11 is 0. The number of halogens is 2. The van der Waals surface area contributed by atoms with E-state index in [9.17, 15) is 23.2 Å². The van der Waals surface area contributed by atoms with Gasteiger partial charge in [-0.2, -0.15) is 0 Å². The van der Waals surface area contributed by atoms with Crippen LogP contribution < -0.4 is 5.32 Å². The fraction of sp³-hybridized carbons (Fsp3) is 0.571. The average Bonchev–Trinajstić information content (AvgIpc) is 3.06. The summed E-state index contributed by atoms with van der Waals surface area (Å²) in [5, 5.41) is 2.06. The van der Waals surface area contributed by atoms with Crippen LogP contribution in [-0.4, -0.2) is 41.9 Å². The van der Waals surface area contributed by atoms with Crippen molar-refractivity contribution < 1.29 is 27.9 Å². The first-order chi connectivity index (χ1) is 13.8. The summed E-state index contributed by atoms with van der Waals surface area (Å²) in [5.41, 5.74) is -0.587. The molecule has 0 bridgehead atoms. The Labute approximate surface area is 168 Å². The van der Waals surface area contributed by atoms with Gasteiger partial charge in [0.1, 0.15) is 17.3 Å². The molecule has 1 saturated heterocycles. The second kappa shape index (κ2) is 8.88.